The van der Waals surface area contributed by atoms with Crippen LogP contribution in [0.1, 0.15) is 24.9 Å². The highest BCUT2D eigenvalue weighted by Crippen LogP contribution is 2.30. The number of rotatable bonds is 6. The summed E-state index contributed by atoms with van der Waals surface area (Å²) in [6, 6.07) is 1.72. The van der Waals surface area contributed by atoms with Crippen LogP contribution >= 0.6 is 0 Å². The predicted octanol–water partition coefficient (Wildman–Crippen LogP) is 3.12. The fraction of sp³-hybridized carbons (Fsp3) is 0.538. The zero-order valence-electron chi connectivity index (χ0n) is 11.8. The largest absolute Gasteiger partial charge is 0.451 e. The summed E-state index contributed by atoms with van der Waals surface area (Å²) in [7, 11) is 0. The van der Waals surface area contributed by atoms with Gasteiger partial charge in [-0.05, 0) is 26.3 Å². The van der Waals surface area contributed by atoms with Gasteiger partial charge in [0.25, 0.3) is 0 Å². The summed E-state index contributed by atoms with van der Waals surface area (Å²) in [5.74, 6) is -0.961. The molecule has 2 aromatic rings. The van der Waals surface area contributed by atoms with Crippen LogP contribution < -0.4 is 5.32 Å². The molecule has 21 heavy (non-hydrogen) atoms. The van der Waals surface area contributed by atoms with E-state index in [0.29, 0.717) is 31.6 Å². The Balaban J connectivity index is 2.23. The summed E-state index contributed by atoms with van der Waals surface area (Å²) < 4.78 is 43.6. The van der Waals surface area contributed by atoms with E-state index in [1.54, 1.807) is 13.0 Å². The van der Waals surface area contributed by atoms with E-state index in [-0.39, 0.29) is 11.5 Å². The Morgan fingerprint density at radius 2 is 2.10 bits per heavy atom. The van der Waals surface area contributed by atoms with Gasteiger partial charge in [-0.15, -0.1) is 0 Å². The van der Waals surface area contributed by atoms with Gasteiger partial charge in [0, 0.05) is 25.5 Å². The van der Waals surface area contributed by atoms with Crippen LogP contribution in [0.25, 0.3) is 11.0 Å². The molecule has 116 valence electrons. The number of fused-ring (bicyclic) bond motifs is 1. The molecule has 0 saturated heterocycles. The number of H-pyrrole nitrogens is 1. The predicted molar refractivity (Wildman–Crippen MR) is 73.2 cm³/mol. The van der Waals surface area contributed by atoms with Crippen molar-refractivity contribution in [3.8, 4) is 0 Å². The summed E-state index contributed by atoms with van der Waals surface area (Å²) >= 11 is 0. The monoisotopic (exact) mass is 302 g/mol. The van der Waals surface area contributed by atoms with E-state index in [4.69, 9.17) is 4.74 Å². The highest BCUT2D eigenvalue weighted by molar-refractivity contribution is 5.87. The number of aryl methyl sites for hydroxylation is 1. The molecule has 0 fully saturated rings. The first kappa shape index (κ1) is 15.6. The minimum Gasteiger partial charge on any atom is -0.382 e. The third-order valence-corrected chi connectivity index (χ3v) is 2.84. The van der Waals surface area contributed by atoms with Gasteiger partial charge in [0.2, 0.25) is 5.82 Å². The van der Waals surface area contributed by atoms with Crippen molar-refractivity contribution in [3.05, 3.63) is 17.6 Å². The molecule has 0 aliphatic carbocycles. The van der Waals surface area contributed by atoms with Gasteiger partial charge in [0.05, 0.1) is 5.39 Å². The molecule has 8 heteroatoms. The molecule has 0 radical (unpaired) electrons. The van der Waals surface area contributed by atoms with Crippen LogP contribution in [0.15, 0.2) is 6.07 Å². The van der Waals surface area contributed by atoms with Gasteiger partial charge >= 0.3 is 6.18 Å². The SMILES string of the molecule is CCOCCCNc1nc(C(F)(F)F)nc2[nH]c(C)cc12. The van der Waals surface area contributed by atoms with Crippen molar-refractivity contribution in [2.24, 2.45) is 0 Å². The third kappa shape index (κ3) is 3.84. The second-order valence-electron chi connectivity index (χ2n) is 4.59. The molecule has 0 aliphatic rings. The van der Waals surface area contributed by atoms with E-state index in [2.05, 4.69) is 20.3 Å². The second kappa shape index (κ2) is 6.30. The van der Waals surface area contributed by atoms with E-state index in [1.165, 1.54) is 0 Å². The molecule has 2 heterocycles. The molecule has 0 unspecified atom stereocenters. The molecule has 0 aliphatic heterocycles. The summed E-state index contributed by atoms with van der Waals surface area (Å²) in [5, 5.41) is 3.47. The fourth-order valence-electron chi connectivity index (χ4n) is 1.93. The lowest BCUT2D eigenvalue weighted by Crippen LogP contribution is -2.14. The molecular weight excluding hydrogens is 285 g/mol. The number of alkyl halides is 3. The standard InChI is InChI=1S/C13H17F3N4O/c1-3-21-6-4-5-17-10-9-7-8(2)18-11(9)20-12(19-10)13(14,15)16/h7H,3-6H2,1-2H3,(H2,17,18,19,20). The van der Waals surface area contributed by atoms with Crippen LogP contribution in [0, 0.1) is 6.92 Å². The maximum atomic E-state index is 12.8. The molecule has 0 amide bonds. The Morgan fingerprint density at radius 1 is 1.33 bits per heavy atom. The highest BCUT2D eigenvalue weighted by Gasteiger charge is 2.35. The molecule has 0 atom stereocenters. The number of hydrogen-bond acceptors (Lipinski definition) is 4. The van der Waals surface area contributed by atoms with Crippen molar-refractivity contribution in [1.29, 1.82) is 0 Å². The van der Waals surface area contributed by atoms with Gasteiger partial charge in [-0.3, -0.25) is 0 Å². The Labute approximate surface area is 119 Å². The van der Waals surface area contributed by atoms with Crippen LogP contribution in [0.5, 0.6) is 0 Å². The van der Waals surface area contributed by atoms with Crippen molar-refractivity contribution in [3.63, 3.8) is 0 Å². The minimum atomic E-state index is -4.57. The first-order valence-electron chi connectivity index (χ1n) is 6.68. The first-order valence-corrected chi connectivity index (χ1v) is 6.68. The highest BCUT2D eigenvalue weighted by atomic mass is 19.4. The van der Waals surface area contributed by atoms with Crippen molar-refractivity contribution in [1.82, 2.24) is 15.0 Å². The fourth-order valence-corrected chi connectivity index (χ4v) is 1.93. The quantitative estimate of drug-likeness (QED) is 0.805. The van der Waals surface area contributed by atoms with E-state index in [9.17, 15) is 13.2 Å². The van der Waals surface area contributed by atoms with Crippen LogP contribution in [-0.4, -0.2) is 34.7 Å². The van der Waals surface area contributed by atoms with E-state index < -0.39 is 12.0 Å². The van der Waals surface area contributed by atoms with Gasteiger partial charge in [-0.1, -0.05) is 0 Å². The minimum absolute atomic E-state index is 0.183. The van der Waals surface area contributed by atoms with Crippen LogP contribution in [0.4, 0.5) is 19.0 Å². The maximum Gasteiger partial charge on any atom is 0.451 e. The molecule has 2 aromatic heterocycles. The van der Waals surface area contributed by atoms with Crippen LogP contribution in [0.3, 0.4) is 0 Å². The average Bonchev–Trinajstić information content (AvgIpc) is 2.77. The third-order valence-electron chi connectivity index (χ3n) is 2.84. The molecule has 0 saturated carbocycles. The molecule has 5 nitrogen and oxygen atoms in total. The van der Waals surface area contributed by atoms with Crippen molar-refractivity contribution in [2.45, 2.75) is 26.4 Å². The first-order chi connectivity index (χ1) is 9.91. The Kier molecular flexibility index (Phi) is 4.66. The van der Waals surface area contributed by atoms with Crippen molar-refractivity contribution < 1.29 is 17.9 Å². The van der Waals surface area contributed by atoms with Crippen molar-refractivity contribution in [2.75, 3.05) is 25.1 Å². The topological polar surface area (TPSA) is 62.8 Å². The van der Waals surface area contributed by atoms with E-state index in [1.807, 2.05) is 6.92 Å². The van der Waals surface area contributed by atoms with Crippen molar-refractivity contribution >= 4 is 16.9 Å². The lowest BCUT2D eigenvalue weighted by Gasteiger charge is -2.10. The number of hydrogen-bond donors (Lipinski definition) is 2. The van der Waals surface area contributed by atoms with Gasteiger partial charge in [0.1, 0.15) is 11.5 Å². The van der Waals surface area contributed by atoms with Crippen LogP contribution in [-0.2, 0) is 10.9 Å². The summed E-state index contributed by atoms with van der Waals surface area (Å²) in [4.78, 5) is 9.93. The van der Waals surface area contributed by atoms with Crippen LogP contribution in [0.2, 0.25) is 0 Å². The Morgan fingerprint density at radius 3 is 2.76 bits per heavy atom. The molecule has 0 aromatic carbocycles. The molecular formula is C13H17F3N4O. The number of ether oxygens (including phenoxy) is 1. The second-order valence-corrected chi connectivity index (χ2v) is 4.59. The molecule has 0 bridgehead atoms. The number of anilines is 1. The maximum absolute atomic E-state index is 12.8. The summed E-state index contributed by atoms with van der Waals surface area (Å²) in [5.41, 5.74) is 0.915. The van der Waals surface area contributed by atoms with Gasteiger partial charge < -0.3 is 15.0 Å². The zero-order valence-corrected chi connectivity index (χ0v) is 11.8. The summed E-state index contributed by atoms with van der Waals surface area (Å²) in [6.45, 7) is 5.30. The molecule has 2 N–H and O–H groups in total. The van der Waals surface area contributed by atoms with E-state index in [0.717, 1.165) is 5.69 Å². The van der Waals surface area contributed by atoms with Gasteiger partial charge in [-0.2, -0.15) is 13.2 Å². The lowest BCUT2D eigenvalue weighted by molar-refractivity contribution is -0.144. The Hall–Kier alpha value is -1.83. The normalized spacial score (nSPS) is 12.0. The zero-order chi connectivity index (χ0) is 15.5. The van der Waals surface area contributed by atoms with Gasteiger partial charge in [0.15, 0.2) is 0 Å². The number of halogens is 3. The van der Waals surface area contributed by atoms with Gasteiger partial charge in [-0.25, -0.2) is 9.97 Å². The number of aromatic amines is 1. The number of nitrogens with zero attached hydrogens (tertiary/aromatic N) is 2. The van der Waals surface area contributed by atoms with E-state index >= 15 is 0 Å². The smallest absolute Gasteiger partial charge is 0.382 e. The summed E-state index contributed by atoms with van der Waals surface area (Å²) in [6.07, 6.45) is -3.89. The Bertz CT molecular complexity index is 609. The lowest BCUT2D eigenvalue weighted by atomic mass is 10.3. The number of aromatic nitrogens is 3. The average molecular weight is 302 g/mol. The molecule has 2 rings (SSSR count). The number of nitrogens with one attached hydrogen (secondary N) is 2. The molecule has 0 spiro atoms.